The molecule has 0 saturated heterocycles. The van der Waals surface area contributed by atoms with E-state index in [1.54, 1.807) is 13.0 Å². The van der Waals surface area contributed by atoms with E-state index in [2.05, 4.69) is 6.92 Å². The zero-order chi connectivity index (χ0) is 11.0. The van der Waals surface area contributed by atoms with Crippen LogP contribution in [-0.4, -0.2) is 27.4 Å². The molecule has 0 amide bonds. The number of aliphatic carboxylic acids is 1. The van der Waals surface area contributed by atoms with E-state index in [-0.39, 0.29) is 0 Å². The van der Waals surface area contributed by atoms with Gasteiger partial charge in [-0.05, 0) is 32.2 Å². The number of carbonyl (C=O) groups is 1. The van der Waals surface area contributed by atoms with E-state index >= 15 is 0 Å². The second kappa shape index (κ2) is 7.76. The number of rotatable bonds is 7. The van der Waals surface area contributed by atoms with Crippen molar-refractivity contribution in [3.8, 4) is 0 Å². The topological polar surface area (TPSA) is 46.5 Å². The van der Waals surface area contributed by atoms with Gasteiger partial charge in [0.2, 0.25) is 0 Å². The van der Waals surface area contributed by atoms with Crippen LogP contribution in [-0.2, 0) is 9.22 Å². The second-order valence-corrected chi connectivity index (χ2v) is 5.67. The molecule has 0 fully saturated rings. The van der Waals surface area contributed by atoms with Gasteiger partial charge in [0, 0.05) is 12.2 Å². The van der Waals surface area contributed by atoms with Crippen LogP contribution in [0, 0.1) is 0 Å². The summed E-state index contributed by atoms with van der Waals surface area (Å²) in [5.41, 5.74) is 1.07. The van der Waals surface area contributed by atoms with Gasteiger partial charge in [-0.2, -0.15) is 0 Å². The minimum absolute atomic E-state index is 0.405. The maximum Gasteiger partial charge on any atom is 0.330 e. The minimum Gasteiger partial charge on any atom is -0.478 e. The summed E-state index contributed by atoms with van der Waals surface area (Å²) in [6.45, 7) is 6.62. The molecule has 0 aliphatic carbocycles. The Morgan fingerprint density at radius 2 is 2.29 bits per heavy atom. The molecular formula is C10H20O3Si. The molecule has 0 aromatic rings. The molecule has 0 radical (unpaired) electrons. The Hall–Kier alpha value is -0.613. The molecule has 14 heavy (non-hydrogen) atoms. The van der Waals surface area contributed by atoms with Crippen LogP contribution >= 0.6 is 0 Å². The Balaban J connectivity index is 3.62. The maximum absolute atomic E-state index is 10.5. The van der Waals surface area contributed by atoms with Gasteiger partial charge in [-0.25, -0.2) is 4.79 Å². The SMILES string of the molecule is CCO[SiH2]C(C)CC/C=C(\C)C(=O)O. The van der Waals surface area contributed by atoms with Gasteiger partial charge in [-0.3, -0.25) is 0 Å². The Bertz CT molecular complexity index is 202. The minimum atomic E-state index is -0.820. The molecule has 1 N–H and O–H groups in total. The molecule has 0 aromatic heterocycles. The highest BCUT2D eigenvalue weighted by molar-refractivity contribution is 6.29. The van der Waals surface area contributed by atoms with Gasteiger partial charge in [0.25, 0.3) is 0 Å². The van der Waals surface area contributed by atoms with Crippen molar-refractivity contribution in [3.05, 3.63) is 11.6 Å². The summed E-state index contributed by atoms with van der Waals surface area (Å²) in [4.78, 5) is 10.5. The molecule has 0 heterocycles. The lowest BCUT2D eigenvalue weighted by molar-refractivity contribution is -0.132. The third-order valence-corrected chi connectivity index (χ3v) is 3.68. The molecule has 1 atom stereocenters. The average molecular weight is 216 g/mol. The van der Waals surface area contributed by atoms with Crippen LogP contribution in [0.25, 0.3) is 0 Å². The van der Waals surface area contributed by atoms with Crippen LogP contribution in [0.3, 0.4) is 0 Å². The van der Waals surface area contributed by atoms with Crippen LogP contribution in [0.15, 0.2) is 11.6 Å². The zero-order valence-electron chi connectivity index (χ0n) is 9.25. The van der Waals surface area contributed by atoms with Crippen molar-refractivity contribution < 1.29 is 14.3 Å². The highest BCUT2D eigenvalue weighted by atomic mass is 28.2. The largest absolute Gasteiger partial charge is 0.478 e. The lowest BCUT2D eigenvalue weighted by Crippen LogP contribution is -2.05. The zero-order valence-corrected chi connectivity index (χ0v) is 10.7. The maximum atomic E-state index is 10.5. The van der Waals surface area contributed by atoms with E-state index in [1.807, 2.05) is 6.92 Å². The molecule has 82 valence electrons. The van der Waals surface area contributed by atoms with Gasteiger partial charge in [-0.15, -0.1) is 0 Å². The summed E-state index contributed by atoms with van der Waals surface area (Å²) >= 11 is 0. The molecule has 0 spiro atoms. The summed E-state index contributed by atoms with van der Waals surface area (Å²) in [6.07, 6.45) is 3.68. The highest BCUT2D eigenvalue weighted by Crippen LogP contribution is 2.12. The molecule has 1 unspecified atom stereocenters. The molecule has 4 heteroatoms. The average Bonchev–Trinajstić information content (AvgIpc) is 2.14. The second-order valence-electron chi connectivity index (χ2n) is 3.53. The third-order valence-electron chi connectivity index (χ3n) is 2.05. The van der Waals surface area contributed by atoms with Crippen LogP contribution in [0.5, 0.6) is 0 Å². The van der Waals surface area contributed by atoms with Crippen LogP contribution < -0.4 is 0 Å². The van der Waals surface area contributed by atoms with Gasteiger partial charge in [-0.1, -0.05) is 13.0 Å². The van der Waals surface area contributed by atoms with Gasteiger partial charge < -0.3 is 9.53 Å². The fraction of sp³-hybridized carbons (Fsp3) is 0.700. The van der Waals surface area contributed by atoms with Crippen molar-refractivity contribution in [3.63, 3.8) is 0 Å². The molecule has 0 saturated carbocycles. The van der Waals surface area contributed by atoms with Gasteiger partial charge in [0.1, 0.15) is 0 Å². The highest BCUT2D eigenvalue weighted by Gasteiger charge is 2.03. The molecule has 0 aliphatic rings. The molecule has 0 aliphatic heterocycles. The van der Waals surface area contributed by atoms with E-state index in [0.717, 1.165) is 19.4 Å². The normalized spacial score (nSPS) is 14.9. The lowest BCUT2D eigenvalue weighted by atomic mass is 10.2. The van der Waals surface area contributed by atoms with Crippen molar-refractivity contribution in [2.24, 2.45) is 0 Å². The Morgan fingerprint density at radius 1 is 1.64 bits per heavy atom. The van der Waals surface area contributed by atoms with E-state index in [0.29, 0.717) is 11.1 Å². The Morgan fingerprint density at radius 3 is 2.79 bits per heavy atom. The van der Waals surface area contributed by atoms with E-state index in [1.165, 1.54) is 0 Å². The summed E-state index contributed by atoms with van der Waals surface area (Å²) in [7, 11) is -0.405. The van der Waals surface area contributed by atoms with Crippen molar-refractivity contribution >= 4 is 15.7 Å². The van der Waals surface area contributed by atoms with Crippen molar-refractivity contribution in [1.82, 2.24) is 0 Å². The number of carboxylic acids is 1. The smallest absolute Gasteiger partial charge is 0.330 e. The third kappa shape index (κ3) is 6.86. The standard InChI is InChI=1S/C10H20O3Si/c1-4-13-14-9(3)7-5-6-8(2)10(11)12/h6,9H,4-5,7,14H2,1-3H3,(H,11,12)/b8-6+. The number of allylic oxidation sites excluding steroid dienone is 1. The predicted octanol–water partition coefficient (Wildman–Crippen LogP) is 1.73. The Kier molecular flexibility index (Phi) is 7.42. The quantitative estimate of drug-likeness (QED) is 0.521. The van der Waals surface area contributed by atoms with Gasteiger partial charge in [0.05, 0.1) is 0 Å². The summed E-state index contributed by atoms with van der Waals surface area (Å²) in [5.74, 6) is -0.820. The molecular weight excluding hydrogens is 196 g/mol. The van der Waals surface area contributed by atoms with Crippen LogP contribution in [0.1, 0.15) is 33.6 Å². The fourth-order valence-corrected chi connectivity index (χ4v) is 2.11. The summed E-state index contributed by atoms with van der Waals surface area (Å²) in [5, 5.41) is 8.60. The van der Waals surface area contributed by atoms with Gasteiger partial charge in [0.15, 0.2) is 9.76 Å². The van der Waals surface area contributed by atoms with E-state index < -0.39 is 15.7 Å². The monoisotopic (exact) mass is 216 g/mol. The predicted molar refractivity (Wildman–Crippen MR) is 60.2 cm³/mol. The van der Waals surface area contributed by atoms with Crippen molar-refractivity contribution in [2.75, 3.05) is 6.61 Å². The number of hydrogen-bond donors (Lipinski definition) is 1. The molecule has 0 bridgehead atoms. The van der Waals surface area contributed by atoms with E-state index in [4.69, 9.17) is 9.53 Å². The lowest BCUT2D eigenvalue weighted by Gasteiger charge is -2.08. The summed E-state index contributed by atoms with van der Waals surface area (Å²) < 4.78 is 5.40. The fourth-order valence-electron chi connectivity index (χ4n) is 1.07. The molecule has 0 aromatic carbocycles. The first kappa shape index (κ1) is 13.4. The van der Waals surface area contributed by atoms with Crippen LogP contribution in [0.2, 0.25) is 5.54 Å². The van der Waals surface area contributed by atoms with Gasteiger partial charge >= 0.3 is 5.97 Å². The summed E-state index contributed by atoms with van der Waals surface area (Å²) in [6, 6.07) is 0. The first-order valence-corrected chi connectivity index (χ1v) is 6.45. The molecule has 0 rings (SSSR count). The number of hydrogen-bond acceptors (Lipinski definition) is 2. The van der Waals surface area contributed by atoms with Crippen molar-refractivity contribution in [1.29, 1.82) is 0 Å². The molecule has 3 nitrogen and oxygen atoms in total. The van der Waals surface area contributed by atoms with E-state index in [9.17, 15) is 4.79 Å². The van der Waals surface area contributed by atoms with Crippen LogP contribution in [0.4, 0.5) is 0 Å². The first-order valence-electron chi connectivity index (χ1n) is 5.05. The Labute approximate surface area is 88.1 Å². The first-order chi connectivity index (χ1) is 6.57. The van der Waals surface area contributed by atoms with Crippen molar-refractivity contribution in [2.45, 2.75) is 39.2 Å². The number of carboxylic acid groups (broad SMARTS) is 1.